The second-order valence-electron chi connectivity index (χ2n) is 8.04. The van der Waals surface area contributed by atoms with Crippen LogP contribution in [0.1, 0.15) is 36.4 Å². The fourth-order valence-electron chi connectivity index (χ4n) is 4.56. The molecule has 4 nitrogen and oxygen atoms in total. The highest BCUT2D eigenvalue weighted by molar-refractivity contribution is 5.85. The molecule has 1 N–H and O–H groups in total. The first-order valence-electron chi connectivity index (χ1n) is 10.6. The number of nitrogens with zero attached hydrogens (tertiary/aromatic N) is 2. The molecule has 0 spiro atoms. The average Bonchev–Trinajstić information content (AvgIpc) is 3.28. The molecule has 0 bridgehead atoms. The lowest BCUT2D eigenvalue weighted by atomic mass is 9.96. The summed E-state index contributed by atoms with van der Waals surface area (Å²) in [6.45, 7) is 5.70. The Morgan fingerprint density at radius 1 is 0.900 bits per heavy atom. The van der Waals surface area contributed by atoms with Crippen molar-refractivity contribution in [3.05, 3.63) is 71.8 Å². The van der Waals surface area contributed by atoms with E-state index >= 15 is 0 Å². The summed E-state index contributed by atoms with van der Waals surface area (Å²) in [6, 6.07) is 21.7. The SMILES string of the molecule is Cl.Cl.O=C(CCC1CCNC1)N1CCN(C(c2ccccc2)c2ccccc2)CC1. The number of carbonyl (C=O) groups excluding carboxylic acids is 1. The summed E-state index contributed by atoms with van der Waals surface area (Å²) in [5.41, 5.74) is 2.64. The number of benzene rings is 2. The number of piperazine rings is 1. The third-order valence-electron chi connectivity index (χ3n) is 6.19. The molecule has 2 saturated heterocycles. The van der Waals surface area contributed by atoms with Gasteiger partial charge in [0.25, 0.3) is 0 Å². The van der Waals surface area contributed by atoms with Gasteiger partial charge in [-0.25, -0.2) is 0 Å². The summed E-state index contributed by atoms with van der Waals surface area (Å²) in [4.78, 5) is 17.3. The van der Waals surface area contributed by atoms with Gasteiger partial charge in [-0.15, -0.1) is 24.8 Å². The highest BCUT2D eigenvalue weighted by Crippen LogP contribution is 2.29. The Morgan fingerprint density at radius 3 is 1.97 bits per heavy atom. The number of nitrogens with one attached hydrogen (secondary N) is 1. The Hall–Kier alpha value is -1.59. The average molecular weight is 450 g/mol. The van der Waals surface area contributed by atoms with Crippen molar-refractivity contribution in [1.29, 1.82) is 0 Å². The second kappa shape index (κ2) is 12.3. The van der Waals surface area contributed by atoms with Gasteiger partial charge in [0, 0.05) is 32.6 Å². The number of rotatable bonds is 6. The van der Waals surface area contributed by atoms with Crippen LogP contribution in [0.2, 0.25) is 0 Å². The first-order valence-corrected chi connectivity index (χ1v) is 10.6. The van der Waals surface area contributed by atoms with Gasteiger partial charge >= 0.3 is 0 Å². The number of hydrogen-bond donors (Lipinski definition) is 1. The van der Waals surface area contributed by atoms with Crippen LogP contribution in [-0.2, 0) is 4.79 Å². The van der Waals surface area contributed by atoms with E-state index in [1.807, 2.05) is 0 Å². The smallest absolute Gasteiger partial charge is 0.222 e. The van der Waals surface area contributed by atoms with Gasteiger partial charge in [0.1, 0.15) is 0 Å². The minimum Gasteiger partial charge on any atom is -0.340 e. The summed E-state index contributed by atoms with van der Waals surface area (Å²) in [6.07, 6.45) is 2.95. The van der Waals surface area contributed by atoms with Crippen molar-refractivity contribution >= 4 is 30.7 Å². The minimum absolute atomic E-state index is 0. The summed E-state index contributed by atoms with van der Waals surface area (Å²) in [5.74, 6) is 1.02. The van der Waals surface area contributed by atoms with Gasteiger partial charge in [-0.3, -0.25) is 9.69 Å². The zero-order valence-corrected chi connectivity index (χ0v) is 19.0. The Morgan fingerprint density at radius 2 is 1.47 bits per heavy atom. The quantitative estimate of drug-likeness (QED) is 0.718. The number of carbonyl (C=O) groups is 1. The van der Waals surface area contributed by atoms with Crippen LogP contribution in [0.4, 0.5) is 0 Å². The highest BCUT2D eigenvalue weighted by Gasteiger charge is 2.28. The fourth-order valence-corrected chi connectivity index (χ4v) is 4.56. The van der Waals surface area contributed by atoms with E-state index in [4.69, 9.17) is 0 Å². The molecule has 0 aliphatic carbocycles. The van der Waals surface area contributed by atoms with Crippen LogP contribution in [0.25, 0.3) is 0 Å². The number of hydrogen-bond acceptors (Lipinski definition) is 3. The van der Waals surface area contributed by atoms with Crippen molar-refractivity contribution < 1.29 is 4.79 Å². The van der Waals surface area contributed by atoms with Crippen LogP contribution >= 0.6 is 24.8 Å². The van der Waals surface area contributed by atoms with E-state index in [2.05, 4.69) is 75.8 Å². The Balaban J connectivity index is 0.00000160. The monoisotopic (exact) mass is 449 g/mol. The largest absolute Gasteiger partial charge is 0.340 e. The topological polar surface area (TPSA) is 35.6 Å². The van der Waals surface area contributed by atoms with Gasteiger partial charge in [-0.2, -0.15) is 0 Å². The van der Waals surface area contributed by atoms with Gasteiger partial charge in [-0.05, 0) is 43.0 Å². The lowest BCUT2D eigenvalue weighted by Crippen LogP contribution is -2.49. The maximum atomic E-state index is 12.7. The van der Waals surface area contributed by atoms with Gasteiger partial charge in [0.05, 0.1) is 6.04 Å². The van der Waals surface area contributed by atoms with Crippen LogP contribution in [0.3, 0.4) is 0 Å². The normalized spacial score (nSPS) is 19.2. The standard InChI is InChI=1S/C24H31N3O.2ClH/c28-23(12-11-20-13-14-25-19-20)26-15-17-27(18-16-26)24(21-7-3-1-4-8-21)22-9-5-2-6-10-22;;/h1-10,20,24-25H,11-19H2;2*1H. The van der Waals surface area contributed by atoms with Crippen molar-refractivity contribution in [2.24, 2.45) is 5.92 Å². The van der Waals surface area contributed by atoms with Gasteiger partial charge < -0.3 is 10.2 Å². The Labute approximate surface area is 192 Å². The molecule has 0 saturated carbocycles. The van der Waals surface area contributed by atoms with Gasteiger partial charge in [0.15, 0.2) is 0 Å². The fraction of sp³-hybridized carbons (Fsp3) is 0.458. The molecule has 6 heteroatoms. The number of halogens is 2. The Bertz CT molecular complexity index is 706. The van der Waals surface area contributed by atoms with Gasteiger partial charge in [-0.1, -0.05) is 60.7 Å². The van der Waals surface area contributed by atoms with E-state index in [9.17, 15) is 4.79 Å². The summed E-state index contributed by atoms with van der Waals surface area (Å²) < 4.78 is 0. The van der Waals surface area contributed by atoms with E-state index in [0.717, 1.165) is 45.7 Å². The zero-order chi connectivity index (χ0) is 19.2. The molecule has 1 unspecified atom stereocenters. The summed E-state index contributed by atoms with van der Waals surface area (Å²) >= 11 is 0. The molecule has 2 heterocycles. The predicted octanol–water partition coefficient (Wildman–Crippen LogP) is 4.15. The Kier molecular flexibility index (Phi) is 10.1. The van der Waals surface area contributed by atoms with Gasteiger partial charge in [0.2, 0.25) is 5.91 Å². The van der Waals surface area contributed by atoms with Crippen LogP contribution in [0.15, 0.2) is 60.7 Å². The second-order valence-corrected chi connectivity index (χ2v) is 8.04. The van der Waals surface area contributed by atoms with Crippen molar-refractivity contribution in [3.63, 3.8) is 0 Å². The molecule has 2 aliphatic rings. The molecule has 1 atom stereocenters. The van der Waals surface area contributed by atoms with Crippen LogP contribution in [0.5, 0.6) is 0 Å². The molecular weight excluding hydrogens is 417 g/mol. The molecule has 0 aromatic heterocycles. The van der Waals surface area contributed by atoms with Crippen LogP contribution in [0, 0.1) is 5.92 Å². The molecule has 2 aromatic carbocycles. The van der Waals surface area contributed by atoms with Crippen LogP contribution in [-0.4, -0.2) is 55.0 Å². The van der Waals surface area contributed by atoms with E-state index < -0.39 is 0 Å². The molecule has 30 heavy (non-hydrogen) atoms. The minimum atomic E-state index is 0. The molecule has 4 rings (SSSR count). The first kappa shape index (κ1) is 24.7. The van der Waals surface area contributed by atoms with Crippen LogP contribution < -0.4 is 5.32 Å². The molecule has 0 radical (unpaired) electrons. The molecule has 1 amide bonds. The first-order chi connectivity index (χ1) is 13.8. The zero-order valence-electron chi connectivity index (χ0n) is 17.4. The lowest BCUT2D eigenvalue weighted by Gasteiger charge is -2.40. The maximum absolute atomic E-state index is 12.7. The summed E-state index contributed by atoms with van der Waals surface area (Å²) in [7, 11) is 0. The molecule has 164 valence electrons. The predicted molar refractivity (Wildman–Crippen MR) is 128 cm³/mol. The maximum Gasteiger partial charge on any atom is 0.222 e. The van der Waals surface area contributed by atoms with Crippen molar-refractivity contribution in [1.82, 2.24) is 15.1 Å². The highest BCUT2D eigenvalue weighted by atomic mass is 35.5. The van der Waals surface area contributed by atoms with E-state index in [1.54, 1.807) is 0 Å². The third-order valence-corrected chi connectivity index (χ3v) is 6.19. The van der Waals surface area contributed by atoms with E-state index in [-0.39, 0.29) is 30.9 Å². The van der Waals surface area contributed by atoms with Crippen molar-refractivity contribution in [2.75, 3.05) is 39.3 Å². The van der Waals surface area contributed by atoms with Crippen molar-refractivity contribution in [2.45, 2.75) is 25.3 Å². The number of amides is 1. The molecule has 2 aromatic rings. The molecular formula is C24H33Cl2N3O. The van der Waals surface area contributed by atoms with E-state index in [0.29, 0.717) is 18.2 Å². The van der Waals surface area contributed by atoms with Crippen molar-refractivity contribution in [3.8, 4) is 0 Å². The molecule has 2 fully saturated rings. The summed E-state index contributed by atoms with van der Waals surface area (Å²) in [5, 5.41) is 3.39. The van der Waals surface area contributed by atoms with E-state index in [1.165, 1.54) is 17.5 Å². The molecule has 2 aliphatic heterocycles. The lowest BCUT2D eigenvalue weighted by molar-refractivity contribution is -0.133. The third kappa shape index (κ3) is 6.21.